The highest BCUT2D eigenvalue weighted by Crippen LogP contribution is 2.30. The van der Waals surface area contributed by atoms with Gasteiger partial charge in [-0.15, -0.1) is 0 Å². The summed E-state index contributed by atoms with van der Waals surface area (Å²) < 4.78 is 5.40. The Labute approximate surface area is 116 Å². The number of ether oxygens (including phenoxy) is 1. The quantitative estimate of drug-likeness (QED) is 0.680. The van der Waals surface area contributed by atoms with Gasteiger partial charge in [0, 0.05) is 20.1 Å². The molecule has 0 saturated carbocycles. The second-order valence-corrected chi connectivity index (χ2v) is 5.24. The molecule has 4 N–H and O–H groups in total. The first-order valence-corrected chi connectivity index (χ1v) is 7.05. The molecule has 6 nitrogen and oxygen atoms in total. The highest BCUT2D eigenvalue weighted by molar-refractivity contribution is 5.74. The van der Waals surface area contributed by atoms with Crippen molar-refractivity contribution in [2.24, 2.45) is 5.73 Å². The fourth-order valence-corrected chi connectivity index (χ4v) is 2.75. The highest BCUT2D eigenvalue weighted by Gasteiger charge is 2.48. The predicted molar refractivity (Wildman–Crippen MR) is 75.9 cm³/mol. The molecule has 19 heavy (non-hydrogen) atoms. The molecule has 0 aromatic rings. The van der Waals surface area contributed by atoms with Gasteiger partial charge in [0.15, 0.2) is 0 Å². The lowest BCUT2D eigenvalue weighted by Gasteiger charge is -2.53. The van der Waals surface area contributed by atoms with Gasteiger partial charge in [-0.25, -0.2) is 4.79 Å². The average molecular weight is 272 g/mol. The minimum atomic E-state index is -0.583. The molecule has 1 heterocycles. The number of nitrogens with two attached hydrogens (primary N) is 1. The van der Waals surface area contributed by atoms with Crippen molar-refractivity contribution in [1.29, 1.82) is 0 Å². The zero-order valence-corrected chi connectivity index (χ0v) is 12.6. The lowest BCUT2D eigenvalue weighted by molar-refractivity contribution is -0.0604. The van der Waals surface area contributed by atoms with E-state index in [4.69, 9.17) is 10.5 Å². The van der Waals surface area contributed by atoms with E-state index in [2.05, 4.69) is 29.4 Å². The van der Waals surface area contributed by atoms with Crippen molar-refractivity contribution in [3.8, 4) is 0 Å². The molecule has 0 aromatic heterocycles. The second-order valence-electron chi connectivity index (χ2n) is 5.24. The third-order valence-corrected chi connectivity index (χ3v) is 4.46. The van der Waals surface area contributed by atoms with Gasteiger partial charge >= 0.3 is 6.03 Å². The van der Waals surface area contributed by atoms with E-state index in [-0.39, 0.29) is 6.03 Å². The number of rotatable bonds is 5. The van der Waals surface area contributed by atoms with Crippen LogP contribution in [0.3, 0.4) is 0 Å². The second kappa shape index (κ2) is 6.54. The summed E-state index contributed by atoms with van der Waals surface area (Å²) >= 11 is 0. The number of morpholine rings is 1. The average Bonchev–Trinajstić information content (AvgIpc) is 2.46. The van der Waals surface area contributed by atoms with Crippen LogP contribution in [0.1, 0.15) is 33.6 Å². The van der Waals surface area contributed by atoms with Crippen molar-refractivity contribution >= 4 is 6.03 Å². The third kappa shape index (κ3) is 3.19. The van der Waals surface area contributed by atoms with Gasteiger partial charge in [0.2, 0.25) is 0 Å². The first-order chi connectivity index (χ1) is 8.93. The zero-order valence-electron chi connectivity index (χ0n) is 12.6. The molecule has 1 aliphatic rings. The lowest BCUT2D eigenvalue weighted by Crippen LogP contribution is -2.76. The summed E-state index contributed by atoms with van der Waals surface area (Å²) in [7, 11) is 1.62. The van der Waals surface area contributed by atoms with Crippen LogP contribution in [-0.2, 0) is 4.74 Å². The van der Waals surface area contributed by atoms with Crippen LogP contribution in [0, 0.1) is 0 Å². The summed E-state index contributed by atoms with van der Waals surface area (Å²) in [5, 5.41) is 5.67. The van der Waals surface area contributed by atoms with Gasteiger partial charge in [0.1, 0.15) is 5.66 Å². The molecule has 0 aromatic carbocycles. The molecule has 0 bridgehead atoms. The number of urea groups is 1. The molecule has 0 radical (unpaired) electrons. The van der Waals surface area contributed by atoms with Crippen LogP contribution in [0.15, 0.2) is 0 Å². The molecule has 1 saturated heterocycles. The summed E-state index contributed by atoms with van der Waals surface area (Å²) in [5.74, 6) is 0. The smallest absolute Gasteiger partial charge is 0.316 e. The van der Waals surface area contributed by atoms with Gasteiger partial charge in [0.05, 0.1) is 18.8 Å². The van der Waals surface area contributed by atoms with Crippen LogP contribution in [0.4, 0.5) is 4.79 Å². The maximum Gasteiger partial charge on any atom is 0.316 e. The topological polar surface area (TPSA) is 79.6 Å². The van der Waals surface area contributed by atoms with Crippen LogP contribution >= 0.6 is 0 Å². The van der Waals surface area contributed by atoms with Crippen molar-refractivity contribution in [3.63, 3.8) is 0 Å². The molecule has 112 valence electrons. The standard InChI is InChI=1S/C13H28N4O2/c1-5-13(14,6-2)12(3,16-11(18)15-4)17-7-9-19-10-8-17/h5-10,14H2,1-4H3,(H2,15,16,18). The Morgan fingerprint density at radius 1 is 1.32 bits per heavy atom. The number of amides is 2. The number of carbonyl (C=O) groups excluding carboxylic acids is 1. The van der Waals surface area contributed by atoms with Crippen LogP contribution in [0.2, 0.25) is 0 Å². The first-order valence-electron chi connectivity index (χ1n) is 7.05. The Balaban J connectivity index is 3.03. The molecular weight excluding hydrogens is 244 g/mol. The number of nitrogens with one attached hydrogen (secondary N) is 2. The molecule has 1 unspecified atom stereocenters. The summed E-state index contributed by atoms with van der Waals surface area (Å²) in [6.45, 7) is 9.05. The monoisotopic (exact) mass is 272 g/mol. The van der Waals surface area contributed by atoms with Crippen molar-refractivity contribution in [1.82, 2.24) is 15.5 Å². The van der Waals surface area contributed by atoms with E-state index in [9.17, 15) is 4.79 Å². The van der Waals surface area contributed by atoms with E-state index in [1.54, 1.807) is 7.05 Å². The third-order valence-electron chi connectivity index (χ3n) is 4.46. The molecule has 1 aliphatic heterocycles. The van der Waals surface area contributed by atoms with E-state index < -0.39 is 11.2 Å². The minimum absolute atomic E-state index is 0.203. The molecule has 1 fully saturated rings. The minimum Gasteiger partial charge on any atom is -0.379 e. The number of hydrogen-bond acceptors (Lipinski definition) is 4. The number of carbonyl (C=O) groups is 1. The Morgan fingerprint density at radius 2 is 1.84 bits per heavy atom. The van der Waals surface area contributed by atoms with Crippen LogP contribution in [0.5, 0.6) is 0 Å². The van der Waals surface area contributed by atoms with Crippen LogP contribution in [0.25, 0.3) is 0 Å². The summed E-state index contributed by atoms with van der Waals surface area (Å²) in [6.07, 6.45) is 1.59. The molecule has 2 amide bonds. The van der Waals surface area contributed by atoms with Gasteiger partial charge < -0.3 is 21.1 Å². The van der Waals surface area contributed by atoms with E-state index >= 15 is 0 Å². The molecular formula is C13H28N4O2. The van der Waals surface area contributed by atoms with Crippen molar-refractivity contribution in [2.45, 2.75) is 44.8 Å². The number of nitrogens with zero attached hydrogens (tertiary/aromatic N) is 1. The van der Waals surface area contributed by atoms with Crippen molar-refractivity contribution < 1.29 is 9.53 Å². The molecule has 0 spiro atoms. The molecule has 1 rings (SSSR count). The molecule has 6 heteroatoms. The van der Waals surface area contributed by atoms with Gasteiger partial charge in [-0.2, -0.15) is 0 Å². The van der Waals surface area contributed by atoms with Crippen molar-refractivity contribution in [2.75, 3.05) is 33.4 Å². The van der Waals surface area contributed by atoms with E-state index in [0.29, 0.717) is 13.2 Å². The Morgan fingerprint density at radius 3 is 2.26 bits per heavy atom. The van der Waals surface area contributed by atoms with Crippen LogP contribution < -0.4 is 16.4 Å². The predicted octanol–water partition coefficient (Wildman–Crippen LogP) is 0.481. The normalized spacial score (nSPS) is 20.7. The largest absolute Gasteiger partial charge is 0.379 e. The van der Waals surface area contributed by atoms with E-state index in [0.717, 1.165) is 25.9 Å². The molecule has 1 atom stereocenters. The number of hydrogen-bond donors (Lipinski definition) is 3. The van der Waals surface area contributed by atoms with Gasteiger partial charge in [-0.05, 0) is 19.8 Å². The lowest BCUT2D eigenvalue weighted by atomic mass is 9.79. The Bertz CT molecular complexity index is 301. The molecule has 0 aliphatic carbocycles. The SMILES string of the molecule is CCC(N)(CC)C(C)(NC(=O)NC)N1CCOCC1. The van der Waals surface area contributed by atoms with E-state index in [1.807, 2.05) is 6.92 Å². The van der Waals surface area contributed by atoms with Crippen molar-refractivity contribution in [3.05, 3.63) is 0 Å². The Hall–Kier alpha value is -0.850. The first kappa shape index (κ1) is 16.2. The maximum atomic E-state index is 11.8. The summed E-state index contributed by atoms with van der Waals surface area (Å²) in [5.41, 5.74) is 5.53. The van der Waals surface area contributed by atoms with Gasteiger partial charge in [-0.1, -0.05) is 13.8 Å². The van der Waals surface area contributed by atoms with Crippen LogP contribution in [-0.4, -0.2) is 55.5 Å². The summed E-state index contributed by atoms with van der Waals surface area (Å²) in [4.78, 5) is 14.0. The summed E-state index contributed by atoms with van der Waals surface area (Å²) in [6, 6.07) is -0.203. The maximum absolute atomic E-state index is 11.8. The van der Waals surface area contributed by atoms with E-state index in [1.165, 1.54) is 0 Å². The zero-order chi connectivity index (χ0) is 14.5. The fourth-order valence-electron chi connectivity index (χ4n) is 2.75. The Kier molecular flexibility index (Phi) is 5.58. The van der Waals surface area contributed by atoms with Gasteiger partial charge in [-0.3, -0.25) is 4.90 Å². The fraction of sp³-hybridized carbons (Fsp3) is 0.923. The van der Waals surface area contributed by atoms with Gasteiger partial charge in [0.25, 0.3) is 0 Å². The highest BCUT2D eigenvalue weighted by atomic mass is 16.5.